The Labute approximate surface area is 161 Å². The Bertz CT molecular complexity index is 916. The van der Waals surface area contributed by atoms with Gasteiger partial charge in [0.1, 0.15) is 0 Å². The highest BCUT2D eigenvalue weighted by atomic mass is 32.1. The van der Waals surface area contributed by atoms with Gasteiger partial charge in [-0.2, -0.15) is 0 Å². The molecule has 3 rings (SSSR count). The maximum absolute atomic E-state index is 12.5. The molecule has 0 spiro atoms. The zero-order chi connectivity index (χ0) is 19.2. The average molecular weight is 384 g/mol. The van der Waals surface area contributed by atoms with Crippen LogP contribution in [0.25, 0.3) is 0 Å². The summed E-state index contributed by atoms with van der Waals surface area (Å²) in [4.78, 5) is 24.9. The van der Waals surface area contributed by atoms with Crippen molar-refractivity contribution in [2.75, 3.05) is 10.6 Å². The molecule has 6 nitrogen and oxygen atoms in total. The number of nitrogens with one attached hydrogen (secondary N) is 2. The normalized spacial score (nSPS) is 10.8. The van der Waals surface area contributed by atoms with E-state index in [1.54, 1.807) is 24.3 Å². The van der Waals surface area contributed by atoms with Gasteiger partial charge in [0.2, 0.25) is 0 Å². The molecule has 0 fully saturated rings. The molecule has 140 valence electrons. The van der Waals surface area contributed by atoms with Gasteiger partial charge >= 0.3 is 0 Å². The lowest BCUT2D eigenvalue weighted by molar-refractivity contribution is 0.0657. The van der Waals surface area contributed by atoms with Crippen LogP contribution in [0.5, 0.6) is 0 Å². The minimum atomic E-state index is -0.355. The minimum absolute atomic E-state index is 0.143. The second-order valence-corrected chi connectivity index (χ2v) is 7.19. The van der Waals surface area contributed by atoms with E-state index >= 15 is 0 Å². The molecule has 0 saturated carbocycles. The number of thiophene rings is 1. The van der Waals surface area contributed by atoms with Crippen LogP contribution in [0.2, 0.25) is 0 Å². The van der Waals surface area contributed by atoms with Gasteiger partial charge in [-0.1, -0.05) is 12.1 Å². The number of carbonyl (C=O) groups is 2. The molecule has 27 heavy (non-hydrogen) atoms. The van der Waals surface area contributed by atoms with Crippen LogP contribution in [0.3, 0.4) is 0 Å². The fourth-order valence-electron chi connectivity index (χ4n) is 2.30. The minimum Gasteiger partial charge on any atom is -0.459 e. The number of furan rings is 1. The summed E-state index contributed by atoms with van der Waals surface area (Å²) in [6, 6.07) is 14.1. The van der Waals surface area contributed by atoms with Crippen LogP contribution in [0.4, 0.5) is 10.7 Å². The highest BCUT2D eigenvalue weighted by Gasteiger charge is 2.13. The smallest absolute Gasteiger partial charge is 0.291 e. The number of anilines is 2. The quantitative estimate of drug-likeness (QED) is 0.615. The van der Waals surface area contributed by atoms with Gasteiger partial charge in [0.05, 0.1) is 28.9 Å². The second kappa shape index (κ2) is 8.66. The SMILES string of the molecule is CC(C)OCc1cccc(NC(=O)c2ccc(NC(=O)c3ccco3)s2)c1. The van der Waals surface area contributed by atoms with Gasteiger partial charge < -0.3 is 19.8 Å². The summed E-state index contributed by atoms with van der Waals surface area (Å²) in [7, 11) is 0. The number of benzene rings is 1. The average Bonchev–Trinajstić information content (AvgIpc) is 3.32. The first-order chi connectivity index (χ1) is 13.0. The Morgan fingerprint density at radius 2 is 1.93 bits per heavy atom. The lowest BCUT2D eigenvalue weighted by Crippen LogP contribution is -2.11. The highest BCUT2D eigenvalue weighted by molar-refractivity contribution is 7.18. The molecule has 0 radical (unpaired) electrons. The molecular weight excluding hydrogens is 364 g/mol. The standard InChI is InChI=1S/C20H20N2O4S/c1-13(2)26-12-14-5-3-6-15(11-14)21-20(24)17-8-9-18(27-17)22-19(23)16-7-4-10-25-16/h3-11,13H,12H2,1-2H3,(H,21,24)(H,22,23). The van der Waals surface area contributed by atoms with E-state index < -0.39 is 0 Å². The molecule has 0 aliphatic heterocycles. The van der Waals surface area contributed by atoms with Crippen molar-refractivity contribution in [2.24, 2.45) is 0 Å². The van der Waals surface area contributed by atoms with E-state index in [1.807, 2.05) is 38.1 Å². The van der Waals surface area contributed by atoms with Gasteiger partial charge in [-0.15, -0.1) is 11.3 Å². The van der Waals surface area contributed by atoms with Gasteiger partial charge in [-0.25, -0.2) is 0 Å². The Hall–Kier alpha value is -2.90. The van der Waals surface area contributed by atoms with Crippen LogP contribution in [-0.2, 0) is 11.3 Å². The van der Waals surface area contributed by atoms with Crippen molar-refractivity contribution in [2.45, 2.75) is 26.6 Å². The number of ether oxygens (including phenoxy) is 1. The van der Waals surface area contributed by atoms with E-state index in [2.05, 4.69) is 10.6 Å². The summed E-state index contributed by atoms with van der Waals surface area (Å²) in [5, 5.41) is 6.14. The maximum Gasteiger partial charge on any atom is 0.291 e. The zero-order valence-electron chi connectivity index (χ0n) is 15.0. The lowest BCUT2D eigenvalue weighted by atomic mass is 10.2. The fraction of sp³-hybridized carbons (Fsp3) is 0.200. The molecule has 0 unspecified atom stereocenters. The van der Waals surface area contributed by atoms with Gasteiger partial charge in [0.25, 0.3) is 11.8 Å². The molecule has 1 aromatic carbocycles. The van der Waals surface area contributed by atoms with Crippen molar-refractivity contribution in [1.82, 2.24) is 0 Å². The largest absolute Gasteiger partial charge is 0.459 e. The molecule has 2 amide bonds. The van der Waals surface area contributed by atoms with Crippen LogP contribution in [0, 0.1) is 0 Å². The van der Waals surface area contributed by atoms with E-state index in [-0.39, 0.29) is 23.7 Å². The third-order valence-corrected chi connectivity index (χ3v) is 4.58. The van der Waals surface area contributed by atoms with Crippen molar-refractivity contribution in [3.05, 3.63) is 71.0 Å². The van der Waals surface area contributed by atoms with Crippen molar-refractivity contribution in [1.29, 1.82) is 0 Å². The zero-order valence-corrected chi connectivity index (χ0v) is 15.8. The van der Waals surface area contributed by atoms with E-state index in [1.165, 1.54) is 17.6 Å². The Balaban J connectivity index is 1.61. The predicted molar refractivity (Wildman–Crippen MR) is 105 cm³/mol. The first-order valence-electron chi connectivity index (χ1n) is 8.48. The third kappa shape index (κ3) is 5.29. The number of hydrogen-bond donors (Lipinski definition) is 2. The van der Waals surface area contributed by atoms with Crippen LogP contribution < -0.4 is 10.6 Å². The Kier molecular flexibility index (Phi) is 6.05. The van der Waals surface area contributed by atoms with Crippen LogP contribution >= 0.6 is 11.3 Å². The monoisotopic (exact) mass is 384 g/mol. The number of amides is 2. The number of rotatable bonds is 7. The number of hydrogen-bond acceptors (Lipinski definition) is 5. The van der Waals surface area contributed by atoms with Crippen molar-refractivity contribution < 1.29 is 18.7 Å². The van der Waals surface area contributed by atoms with E-state index in [0.717, 1.165) is 5.56 Å². The molecule has 0 aliphatic carbocycles. The third-order valence-electron chi connectivity index (χ3n) is 3.58. The molecule has 2 heterocycles. The molecule has 2 aromatic heterocycles. The van der Waals surface area contributed by atoms with Gasteiger partial charge in [-0.05, 0) is 55.8 Å². The second-order valence-electron chi connectivity index (χ2n) is 6.11. The molecule has 0 aliphatic rings. The molecule has 0 saturated heterocycles. The first kappa shape index (κ1) is 18.9. The first-order valence-corrected chi connectivity index (χ1v) is 9.29. The number of carbonyl (C=O) groups excluding carboxylic acids is 2. The van der Waals surface area contributed by atoms with Crippen LogP contribution in [-0.4, -0.2) is 17.9 Å². The van der Waals surface area contributed by atoms with Crippen molar-refractivity contribution in [3.8, 4) is 0 Å². The molecular formula is C20H20N2O4S. The van der Waals surface area contributed by atoms with Crippen molar-refractivity contribution >= 4 is 33.8 Å². The van der Waals surface area contributed by atoms with Crippen LogP contribution in [0.1, 0.15) is 39.6 Å². The predicted octanol–water partition coefficient (Wildman–Crippen LogP) is 4.77. The van der Waals surface area contributed by atoms with E-state index in [9.17, 15) is 9.59 Å². The molecule has 0 bridgehead atoms. The summed E-state index contributed by atoms with van der Waals surface area (Å²) in [6.45, 7) is 4.44. The summed E-state index contributed by atoms with van der Waals surface area (Å²) >= 11 is 1.19. The van der Waals surface area contributed by atoms with E-state index in [0.29, 0.717) is 22.2 Å². The van der Waals surface area contributed by atoms with Gasteiger partial charge in [0, 0.05) is 5.69 Å². The Morgan fingerprint density at radius 1 is 1.07 bits per heavy atom. The summed E-state index contributed by atoms with van der Waals surface area (Å²) in [5.74, 6) is -0.373. The summed E-state index contributed by atoms with van der Waals surface area (Å²) < 4.78 is 10.6. The van der Waals surface area contributed by atoms with Gasteiger partial charge in [-0.3, -0.25) is 9.59 Å². The summed E-state index contributed by atoms with van der Waals surface area (Å²) in [6.07, 6.45) is 1.58. The highest BCUT2D eigenvalue weighted by Crippen LogP contribution is 2.24. The van der Waals surface area contributed by atoms with Crippen LogP contribution in [0.15, 0.2) is 59.2 Å². The molecule has 2 N–H and O–H groups in total. The summed E-state index contributed by atoms with van der Waals surface area (Å²) in [5.41, 5.74) is 1.68. The fourth-order valence-corrected chi connectivity index (χ4v) is 3.10. The van der Waals surface area contributed by atoms with Crippen molar-refractivity contribution in [3.63, 3.8) is 0 Å². The molecule has 7 heteroatoms. The molecule has 0 atom stereocenters. The van der Waals surface area contributed by atoms with E-state index in [4.69, 9.17) is 9.15 Å². The lowest BCUT2D eigenvalue weighted by Gasteiger charge is -2.09. The molecule has 3 aromatic rings. The maximum atomic E-state index is 12.5. The topological polar surface area (TPSA) is 80.6 Å². The van der Waals surface area contributed by atoms with Gasteiger partial charge in [0.15, 0.2) is 5.76 Å². The Morgan fingerprint density at radius 3 is 2.67 bits per heavy atom.